The number of nitrogens with one attached hydrogen (secondary N) is 1. The van der Waals surface area contributed by atoms with Crippen LogP contribution < -0.4 is 9.62 Å². The fraction of sp³-hybridized carbons (Fsp3) is 0.500. The van der Waals surface area contributed by atoms with E-state index in [1.54, 1.807) is 0 Å². The molecular formula is C20H21F2N7O4S2. The molecular weight excluding hydrogens is 504 g/mol. The van der Waals surface area contributed by atoms with Crippen molar-refractivity contribution >= 4 is 32.6 Å². The smallest absolute Gasteiger partial charge is 0.291 e. The largest absolute Gasteiger partial charge is 0.394 e. The predicted molar refractivity (Wildman–Crippen MR) is 121 cm³/mol. The number of alkyl halides is 2. The Bertz CT molecular complexity index is 1410. The van der Waals surface area contributed by atoms with Crippen molar-refractivity contribution in [3.05, 3.63) is 23.5 Å². The van der Waals surface area contributed by atoms with Gasteiger partial charge in [-0.1, -0.05) is 11.3 Å². The molecule has 1 saturated carbocycles. The summed E-state index contributed by atoms with van der Waals surface area (Å²) in [5.41, 5.74) is -0.119. The van der Waals surface area contributed by atoms with Crippen LogP contribution >= 0.6 is 11.3 Å². The lowest BCUT2D eigenvalue weighted by atomic mass is 10.1. The van der Waals surface area contributed by atoms with Gasteiger partial charge in [0.1, 0.15) is 10.4 Å². The second-order valence-electron chi connectivity index (χ2n) is 8.58. The van der Waals surface area contributed by atoms with Crippen molar-refractivity contribution in [2.75, 3.05) is 24.7 Å². The third-order valence-corrected chi connectivity index (χ3v) is 8.47. The number of imidazole rings is 1. The lowest BCUT2D eigenvalue weighted by Gasteiger charge is -2.39. The second-order valence-corrected chi connectivity index (χ2v) is 11.3. The molecule has 186 valence electrons. The average Bonchev–Trinajstić information content (AvgIpc) is 3.22. The van der Waals surface area contributed by atoms with Crippen LogP contribution in [0.25, 0.3) is 16.3 Å². The first-order valence-electron chi connectivity index (χ1n) is 10.7. The van der Waals surface area contributed by atoms with Crippen molar-refractivity contribution in [3.8, 4) is 16.9 Å². The summed E-state index contributed by atoms with van der Waals surface area (Å²) in [5.74, 6) is 0.156. The average molecular weight is 526 g/mol. The molecule has 2 N–H and O–H groups in total. The molecule has 2 fully saturated rings. The van der Waals surface area contributed by atoms with Gasteiger partial charge in [0.25, 0.3) is 6.43 Å². The maximum Gasteiger partial charge on any atom is 0.291 e. The van der Waals surface area contributed by atoms with Gasteiger partial charge in [0.15, 0.2) is 15.8 Å². The molecule has 5 rings (SSSR count). The van der Waals surface area contributed by atoms with Crippen molar-refractivity contribution in [2.45, 2.75) is 48.8 Å². The van der Waals surface area contributed by atoms with Gasteiger partial charge in [-0.05, 0) is 25.8 Å². The molecule has 11 nitrogen and oxygen atoms in total. The number of nitriles is 1. The topological polar surface area (TPSA) is 146 Å². The third kappa shape index (κ3) is 4.36. The summed E-state index contributed by atoms with van der Waals surface area (Å²) in [6, 6.07) is 3.33. The molecule has 0 radical (unpaired) electrons. The number of aliphatic hydroxyl groups is 1. The fourth-order valence-electron chi connectivity index (χ4n) is 3.94. The number of halogens is 2. The van der Waals surface area contributed by atoms with Crippen LogP contribution in [0.2, 0.25) is 0 Å². The predicted octanol–water partition coefficient (Wildman–Crippen LogP) is 1.71. The van der Waals surface area contributed by atoms with Crippen molar-refractivity contribution in [1.29, 1.82) is 5.26 Å². The minimum Gasteiger partial charge on any atom is -0.394 e. The number of aromatic nitrogens is 4. The van der Waals surface area contributed by atoms with E-state index in [1.807, 2.05) is 17.9 Å². The Morgan fingerprint density at radius 3 is 2.83 bits per heavy atom. The lowest BCUT2D eigenvalue weighted by Crippen LogP contribution is -2.49. The van der Waals surface area contributed by atoms with Crippen LogP contribution in [-0.2, 0) is 14.8 Å². The summed E-state index contributed by atoms with van der Waals surface area (Å²) in [7, 11) is -4.12. The molecule has 0 spiro atoms. The fourth-order valence-corrected chi connectivity index (χ4v) is 6.03. The zero-order valence-corrected chi connectivity index (χ0v) is 20.1. The molecule has 3 aromatic heterocycles. The van der Waals surface area contributed by atoms with Gasteiger partial charge in [0, 0.05) is 18.8 Å². The summed E-state index contributed by atoms with van der Waals surface area (Å²) in [6.07, 6.45) is 0.383. The SMILES string of the molecule is C[C@H]1CO[C@@H](CO)CN1c1cc(S(=O)(=O)NC2(C#N)CC2)cn2c(-c3nnc(C(F)F)s3)ncc12. The molecule has 2 atom stereocenters. The quantitative estimate of drug-likeness (QED) is 0.471. The summed E-state index contributed by atoms with van der Waals surface area (Å²) >= 11 is 0.666. The van der Waals surface area contributed by atoms with E-state index in [1.165, 1.54) is 22.9 Å². The first-order valence-corrected chi connectivity index (χ1v) is 13.0. The number of aliphatic hydroxyl groups excluding tert-OH is 1. The second kappa shape index (κ2) is 8.71. The molecule has 3 aromatic rings. The molecule has 1 saturated heterocycles. The van der Waals surface area contributed by atoms with Gasteiger partial charge in [-0.15, -0.1) is 10.2 Å². The van der Waals surface area contributed by atoms with Crippen LogP contribution in [-0.4, -0.2) is 70.5 Å². The Morgan fingerprint density at radius 2 is 2.20 bits per heavy atom. The van der Waals surface area contributed by atoms with E-state index in [2.05, 4.69) is 19.9 Å². The van der Waals surface area contributed by atoms with Crippen molar-refractivity contribution in [3.63, 3.8) is 0 Å². The summed E-state index contributed by atoms with van der Waals surface area (Å²) in [4.78, 5) is 6.12. The van der Waals surface area contributed by atoms with Gasteiger partial charge in [-0.2, -0.15) is 9.98 Å². The normalized spacial score (nSPS) is 22.0. The van der Waals surface area contributed by atoms with Crippen LogP contribution in [0.1, 0.15) is 31.2 Å². The van der Waals surface area contributed by atoms with E-state index < -0.39 is 33.1 Å². The van der Waals surface area contributed by atoms with E-state index in [-0.39, 0.29) is 28.4 Å². The van der Waals surface area contributed by atoms with E-state index in [0.29, 0.717) is 48.5 Å². The van der Waals surface area contributed by atoms with Crippen LogP contribution in [0.15, 0.2) is 23.4 Å². The van der Waals surface area contributed by atoms with Crippen molar-refractivity contribution < 1.29 is 27.0 Å². The molecule has 0 amide bonds. The van der Waals surface area contributed by atoms with Gasteiger partial charge in [-0.3, -0.25) is 4.40 Å². The number of sulfonamides is 1. The van der Waals surface area contributed by atoms with Gasteiger partial charge >= 0.3 is 0 Å². The summed E-state index contributed by atoms with van der Waals surface area (Å²) in [6.45, 7) is 2.28. The maximum absolute atomic E-state index is 13.3. The number of hydrogen-bond acceptors (Lipinski definition) is 10. The van der Waals surface area contributed by atoms with Gasteiger partial charge in [0.2, 0.25) is 10.0 Å². The molecule has 35 heavy (non-hydrogen) atoms. The molecule has 1 aliphatic carbocycles. The monoisotopic (exact) mass is 525 g/mol. The number of morpholine rings is 1. The maximum atomic E-state index is 13.3. The highest BCUT2D eigenvalue weighted by Crippen LogP contribution is 2.38. The van der Waals surface area contributed by atoms with E-state index in [0.717, 1.165) is 0 Å². The minimum absolute atomic E-state index is 0.104. The van der Waals surface area contributed by atoms with Crippen LogP contribution in [0.3, 0.4) is 0 Å². The van der Waals surface area contributed by atoms with E-state index in [9.17, 15) is 27.6 Å². The summed E-state index contributed by atoms with van der Waals surface area (Å²) < 4.78 is 62.3. The van der Waals surface area contributed by atoms with Gasteiger partial charge in [0.05, 0.1) is 42.8 Å². The lowest BCUT2D eigenvalue weighted by molar-refractivity contribution is -0.0102. The minimum atomic E-state index is -4.12. The first kappa shape index (κ1) is 23.9. The highest BCUT2D eigenvalue weighted by atomic mass is 32.2. The zero-order chi connectivity index (χ0) is 25.0. The molecule has 0 bridgehead atoms. The number of hydrogen-bond donors (Lipinski definition) is 2. The van der Waals surface area contributed by atoms with Crippen LogP contribution in [0, 0.1) is 11.3 Å². The number of anilines is 1. The zero-order valence-electron chi connectivity index (χ0n) is 18.4. The van der Waals surface area contributed by atoms with Crippen molar-refractivity contribution in [1.82, 2.24) is 24.3 Å². The molecule has 0 aromatic carbocycles. The molecule has 1 aliphatic heterocycles. The van der Waals surface area contributed by atoms with Crippen LogP contribution in [0.4, 0.5) is 14.5 Å². The van der Waals surface area contributed by atoms with Crippen molar-refractivity contribution in [2.24, 2.45) is 0 Å². The number of rotatable bonds is 7. The Balaban J connectivity index is 1.67. The molecule has 0 unspecified atom stereocenters. The highest BCUT2D eigenvalue weighted by molar-refractivity contribution is 7.89. The van der Waals surface area contributed by atoms with Crippen LogP contribution in [0.5, 0.6) is 0 Å². The Kier molecular flexibility index (Phi) is 5.96. The number of nitrogens with zero attached hydrogens (tertiary/aromatic N) is 6. The number of ether oxygens (including phenoxy) is 1. The number of fused-ring (bicyclic) bond motifs is 1. The summed E-state index contributed by atoms with van der Waals surface area (Å²) in [5, 5.41) is 26.0. The standard InChI is InChI=1S/C20H21F2N7O4S2/c1-11-9-33-12(8-30)6-28(11)14-4-13(35(31,32)27-20(10-23)2-3-20)7-29-15(14)5-24-17(29)19-26-25-18(34-19)16(21)22/h4-5,7,11-12,16,27,30H,2-3,6,8-9H2,1H3/t11-,12+/m0/s1. The van der Waals surface area contributed by atoms with E-state index in [4.69, 9.17) is 4.74 Å². The highest BCUT2D eigenvalue weighted by Gasteiger charge is 2.47. The molecule has 4 heterocycles. The number of pyridine rings is 1. The Labute approximate surface area is 203 Å². The Morgan fingerprint density at radius 1 is 1.43 bits per heavy atom. The molecule has 2 aliphatic rings. The third-order valence-electron chi connectivity index (χ3n) is 6.04. The van der Waals surface area contributed by atoms with Gasteiger partial charge in [-0.25, -0.2) is 22.2 Å². The molecule has 15 heteroatoms. The first-order chi connectivity index (χ1) is 16.7. The van der Waals surface area contributed by atoms with E-state index >= 15 is 0 Å². The van der Waals surface area contributed by atoms with Gasteiger partial charge < -0.3 is 14.7 Å². The Hall–Kier alpha value is -2.77.